The van der Waals surface area contributed by atoms with Gasteiger partial charge in [-0.2, -0.15) is 0 Å². The summed E-state index contributed by atoms with van der Waals surface area (Å²) >= 11 is 0. The molecule has 74 valence electrons. The van der Waals surface area contributed by atoms with E-state index in [0.29, 0.717) is 0 Å². The van der Waals surface area contributed by atoms with Crippen LogP contribution in [0.15, 0.2) is 0 Å². The predicted molar refractivity (Wildman–Crippen MR) is 54.9 cm³/mol. The van der Waals surface area contributed by atoms with E-state index in [1.165, 1.54) is 6.42 Å². The molecule has 0 aromatic rings. The Labute approximate surface area is 76.7 Å². The molecule has 0 aliphatic heterocycles. The molecular formula is C10H24N2. The van der Waals surface area contributed by atoms with Crippen LogP contribution in [0.2, 0.25) is 0 Å². The first kappa shape index (κ1) is 11.9. The fraction of sp³-hybridized carbons (Fsp3) is 1.00. The molecule has 0 heterocycles. The summed E-state index contributed by atoms with van der Waals surface area (Å²) in [6, 6.07) is 0.215. The van der Waals surface area contributed by atoms with Crippen molar-refractivity contribution in [3.05, 3.63) is 0 Å². The van der Waals surface area contributed by atoms with Gasteiger partial charge in [0, 0.05) is 11.6 Å². The molecule has 0 fully saturated rings. The second kappa shape index (κ2) is 4.83. The number of rotatable bonds is 5. The zero-order chi connectivity index (χ0) is 9.78. The average Bonchev–Trinajstić information content (AvgIpc) is 1.81. The third kappa shape index (κ3) is 6.62. The van der Waals surface area contributed by atoms with E-state index in [-0.39, 0.29) is 11.6 Å². The smallest absolute Gasteiger partial charge is 0.0140 e. The van der Waals surface area contributed by atoms with Crippen molar-refractivity contribution in [3.63, 3.8) is 0 Å². The Morgan fingerprint density at radius 2 is 1.75 bits per heavy atom. The lowest BCUT2D eigenvalue weighted by Crippen LogP contribution is -2.41. The van der Waals surface area contributed by atoms with Crippen molar-refractivity contribution in [2.75, 3.05) is 0 Å². The molecular weight excluding hydrogens is 148 g/mol. The van der Waals surface area contributed by atoms with Crippen LogP contribution in [-0.4, -0.2) is 11.6 Å². The van der Waals surface area contributed by atoms with Gasteiger partial charge in [0.2, 0.25) is 0 Å². The summed E-state index contributed by atoms with van der Waals surface area (Å²) in [6.07, 6.45) is 3.19. The molecule has 4 N–H and O–H groups in total. The fourth-order valence-corrected chi connectivity index (χ4v) is 1.46. The molecule has 0 aliphatic carbocycles. The number of hydrogen-bond acceptors (Lipinski definition) is 2. The van der Waals surface area contributed by atoms with Crippen molar-refractivity contribution in [1.82, 2.24) is 0 Å². The van der Waals surface area contributed by atoms with E-state index < -0.39 is 0 Å². The van der Waals surface area contributed by atoms with Crippen LogP contribution in [0.25, 0.3) is 0 Å². The van der Waals surface area contributed by atoms with Gasteiger partial charge in [-0.3, -0.25) is 0 Å². The summed E-state index contributed by atoms with van der Waals surface area (Å²) in [4.78, 5) is 0. The summed E-state index contributed by atoms with van der Waals surface area (Å²) in [5.74, 6) is 0.737. The highest BCUT2D eigenvalue weighted by Gasteiger charge is 2.19. The lowest BCUT2D eigenvalue weighted by molar-refractivity contribution is 0.343. The Bertz CT molecular complexity index is 117. The highest BCUT2D eigenvalue weighted by atomic mass is 14.7. The summed E-state index contributed by atoms with van der Waals surface area (Å²) in [7, 11) is 0. The monoisotopic (exact) mass is 172 g/mol. The zero-order valence-electron chi connectivity index (χ0n) is 8.93. The minimum atomic E-state index is -0.0710. The van der Waals surface area contributed by atoms with Crippen LogP contribution in [0.3, 0.4) is 0 Å². The first-order chi connectivity index (χ1) is 5.33. The molecule has 2 unspecified atom stereocenters. The largest absolute Gasteiger partial charge is 0.328 e. The molecule has 12 heavy (non-hydrogen) atoms. The van der Waals surface area contributed by atoms with Gasteiger partial charge in [-0.05, 0) is 39.0 Å². The van der Waals surface area contributed by atoms with Crippen molar-refractivity contribution < 1.29 is 0 Å². The van der Waals surface area contributed by atoms with E-state index in [1.54, 1.807) is 0 Å². The van der Waals surface area contributed by atoms with Gasteiger partial charge in [0.1, 0.15) is 0 Å². The molecule has 0 bridgehead atoms. The third-order valence-corrected chi connectivity index (χ3v) is 2.08. The molecule has 0 saturated heterocycles. The molecule has 2 atom stereocenters. The molecule has 0 aromatic carbocycles. The minimum Gasteiger partial charge on any atom is -0.328 e. The first-order valence-corrected chi connectivity index (χ1v) is 4.88. The zero-order valence-corrected chi connectivity index (χ0v) is 8.93. The molecule has 0 amide bonds. The molecule has 0 radical (unpaired) electrons. The van der Waals surface area contributed by atoms with E-state index >= 15 is 0 Å². The van der Waals surface area contributed by atoms with Crippen LogP contribution in [0, 0.1) is 5.92 Å². The normalized spacial score (nSPS) is 19.2. The topological polar surface area (TPSA) is 52.0 Å². The van der Waals surface area contributed by atoms with Crippen LogP contribution < -0.4 is 11.5 Å². The van der Waals surface area contributed by atoms with Gasteiger partial charge >= 0.3 is 0 Å². The summed E-state index contributed by atoms with van der Waals surface area (Å²) in [5.41, 5.74) is 11.7. The molecule has 0 saturated carbocycles. The van der Waals surface area contributed by atoms with Crippen molar-refractivity contribution in [2.45, 2.75) is 58.5 Å². The van der Waals surface area contributed by atoms with E-state index in [0.717, 1.165) is 18.8 Å². The van der Waals surface area contributed by atoms with E-state index in [1.807, 2.05) is 6.92 Å². The molecule has 0 spiro atoms. The maximum atomic E-state index is 6.09. The van der Waals surface area contributed by atoms with Crippen LogP contribution >= 0.6 is 0 Å². The quantitative estimate of drug-likeness (QED) is 0.665. The molecule has 0 aromatic heterocycles. The summed E-state index contributed by atoms with van der Waals surface area (Å²) < 4.78 is 0. The Balaban J connectivity index is 3.71. The number of nitrogens with two attached hydrogens (primary N) is 2. The van der Waals surface area contributed by atoms with Gasteiger partial charge in [-0.15, -0.1) is 0 Å². The molecule has 2 nitrogen and oxygen atoms in total. The highest BCUT2D eigenvalue weighted by molar-refractivity contribution is 4.81. The SMILES string of the molecule is CC(C)CCC(C)(N)CC(C)N. The van der Waals surface area contributed by atoms with Crippen molar-refractivity contribution in [2.24, 2.45) is 17.4 Å². The van der Waals surface area contributed by atoms with Gasteiger partial charge in [0.05, 0.1) is 0 Å². The highest BCUT2D eigenvalue weighted by Crippen LogP contribution is 2.18. The van der Waals surface area contributed by atoms with Crippen molar-refractivity contribution >= 4 is 0 Å². The molecule has 0 rings (SSSR count). The lowest BCUT2D eigenvalue weighted by Gasteiger charge is -2.27. The second-order valence-corrected chi connectivity index (χ2v) is 4.77. The Morgan fingerprint density at radius 1 is 1.25 bits per heavy atom. The average molecular weight is 172 g/mol. The van der Waals surface area contributed by atoms with Crippen LogP contribution in [0.5, 0.6) is 0 Å². The third-order valence-electron chi connectivity index (χ3n) is 2.08. The molecule has 0 aliphatic rings. The number of hydrogen-bond donors (Lipinski definition) is 2. The fourth-order valence-electron chi connectivity index (χ4n) is 1.46. The van der Waals surface area contributed by atoms with Gasteiger partial charge < -0.3 is 11.5 Å². The van der Waals surface area contributed by atoms with E-state index in [4.69, 9.17) is 11.5 Å². The predicted octanol–water partition coefficient (Wildman–Crippen LogP) is 1.88. The lowest BCUT2D eigenvalue weighted by atomic mass is 9.88. The van der Waals surface area contributed by atoms with Crippen LogP contribution in [0.4, 0.5) is 0 Å². The Hall–Kier alpha value is -0.0800. The van der Waals surface area contributed by atoms with Crippen LogP contribution in [-0.2, 0) is 0 Å². The summed E-state index contributed by atoms with van der Waals surface area (Å²) in [5, 5.41) is 0. The van der Waals surface area contributed by atoms with Gasteiger partial charge in [-0.25, -0.2) is 0 Å². The van der Waals surface area contributed by atoms with Crippen LogP contribution in [0.1, 0.15) is 47.0 Å². The minimum absolute atomic E-state index is 0.0710. The van der Waals surface area contributed by atoms with Crippen molar-refractivity contribution in [1.29, 1.82) is 0 Å². The molecule has 2 heteroatoms. The van der Waals surface area contributed by atoms with E-state index in [2.05, 4.69) is 20.8 Å². The summed E-state index contributed by atoms with van der Waals surface area (Å²) in [6.45, 7) is 8.56. The first-order valence-electron chi connectivity index (χ1n) is 4.88. The standard InChI is InChI=1S/C10H24N2/c1-8(2)5-6-10(4,12)7-9(3)11/h8-9H,5-7,11-12H2,1-4H3. The van der Waals surface area contributed by atoms with Gasteiger partial charge in [0.25, 0.3) is 0 Å². The second-order valence-electron chi connectivity index (χ2n) is 4.77. The van der Waals surface area contributed by atoms with E-state index in [9.17, 15) is 0 Å². The van der Waals surface area contributed by atoms with Gasteiger partial charge in [0.15, 0.2) is 0 Å². The van der Waals surface area contributed by atoms with Crippen molar-refractivity contribution in [3.8, 4) is 0 Å². The Morgan fingerprint density at radius 3 is 2.08 bits per heavy atom. The maximum Gasteiger partial charge on any atom is 0.0140 e. The maximum absolute atomic E-state index is 6.09. The Kier molecular flexibility index (Phi) is 4.80. The van der Waals surface area contributed by atoms with Gasteiger partial charge in [-0.1, -0.05) is 13.8 Å².